The lowest BCUT2D eigenvalue weighted by atomic mass is 10.00. The first-order valence-electron chi connectivity index (χ1n) is 10.5. The number of nitrogens with one attached hydrogen (secondary N) is 4. The lowest BCUT2D eigenvalue weighted by Gasteiger charge is -2.22. The molecule has 1 aromatic carbocycles. The third-order valence-electron chi connectivity index (χ3n) is 5.14. The summed E-state index contributed by atoms with van der Waals surface area (Å²) in [6, 6.07) is 2.25. The minimum absolute atomic E-state index is 0.156. The Morgan fingerprint density at radius 3 is 2.84 bits per heavy atom. The van der Waals surface area contributed by atoms with E-state index < -0.39 is 20.7 Å². The largest absolute Gasteiger partial charge is 0.384 e. The number of hydrogen-bond donors (Lipinski definition) is 4. The van der Waals surface area contributed by atoms with Crippen LogP contribution in [0.1, 0.15) is 32.1 Å². The molecule has 0 amide bonds. The van der Waals surface area contributed by atoms with Gasteiger partial charge in [-0.15, -0.1) is 11.3 Å². The van der Waals surface area contributed by atoms with E-state index in [0.29, 0.717) is 12.2 Å². The van der Waals surface area contributed by atoms with E-state index in [2.05, 4.69) is 25.7 Å². The Morgan fingerprint density at radius 1 is 1.26 bits per heavy atom. The Kier molecular flexibility index (Phi) is 9.33. The number of unbranched alkanes of at least 4 members (excludes halogenated alkanes) is 2. The lowest BCUT2D eigenvalue weighted by molar-refractivity contribution is 0.359. The highest BCUT2D eigenvalue weighted by atomic mass is 35.5. The summed E-state index contributed by atoms with van der Waals surface area (Å²) in [6.45, 7) is 4.93. The lowest BCUT2D eigenvalue weighted by Crippen LogP contribution is -2.36. The molecule has 7 nitrogen and oxygen atoms in total. The SMILES string of the molecule is O=S(=O)(Nc1nccs1)c1cc(Cl)c(NCCCCCNCC2CCCNC2)cc1F. The Bertz CT molecular complexity index is 922. The molecule has 1 saturated heterocycles. The van der Waals surface area contributed by atoms with Crippen molar-refractivity contribution in [3.63, 3.8) is 0 Å². The second-order valence-electron chi connectivity index (χ2n) is 7.61. The van der Waals surface area contributed by atoms with E-state index >= 15 is 0 Å². The maximum Gasteiger partial charge on any atom is 0.266 e. The van der Waals surface area contributed by atoms with Gasteiger partial charge >= 0.3 is 0 Å². The zero-order valence-corrected chi connectivity index (χ0v) is 19.7. The van der Waals surface area contributed by atoms with Crippen molar-refractivity contribution in [3.8, 4) is 0 Å². The monoisotopic (exact) mass is 489 g/mol. The van der Waals surface area contributed by atoms with Crippen molar-refractivity contribution >= 4 is 43.8 Å². The summed E-state index contributed by atoms with van der Waals surface area (Å²) in [5, 5.41) is 12.0. The molecule has 0 aliphatic carbocycles. The van der Waals surface area contributed by atoms with Crippen molar-refractivity contribution in [3.05, 3.63) is 34.5 Å². The van der Waals surface area contributed by atoms with Crippen molar-refractivity contribution in [2.75, 3.05) is 42.8 Å². The molecule has 172 valence electrons. The van der Waals surface area contributed by atoms with Crippen molar-refractivity contribution in [2.24, 2.45) is 5.92 Å². The van der Waals surface area contributed by atoms with Gasteiger partial charge in [-0.2, -0.15) is 0 Å². The van der Waals surface area contributed by atoms with Crippen molar-refractivity contribution in [1.82, 2.24) is 15.6 Å². The standard InChI is InChI=1S/C20H29ClFN5O2S2/c21-16-11-19(31(28,29)27-20-26-9-10-30-20)17(22)12-18(16)25-8-3-1-2-6-23-13-15-5-4-7-24-14-15/h9-12,15,23-25H,1-8,13-14H2,(H,26,27). The number of aromatic nitrogens is 1. The highest BCUT2D eigenvalue weighted by Crippen LogP contribution is 2.29. The minimum atomic E-state index is -4.10. The minimum Gasteiger partial charge on any atom is -0.384 e. The van der Waals surface area contributed by atoms with E-state index in [-0.39, 0.29) is 10.2 Å². The second-order valence-corrected chi connectivity index (χ2v) is 10.6. The molecule has 4 N–H and O–H groups in total. The maximum atomic E-state index is 14.5. The molecule has 1 unspecified atom stereocenters. The number of nitrogens with zero attached hydrogens (tertiary/aromatic N) is 1. The quantitative estimate of drug-likeness (QED) is 0.338. The predicted octanol–water partition coefficient (Wildman–Crippen LogP) is 3.91. The summed E-state index contributed by atoms with van der Waals surface area (Å²) in [6.07, 6.45) is 7.04. The van der Waals surface area contributed by atoms with E-state index in [1.54, 1.807) is 5.38 Å². The first-order valence-corrected chi connectivity index (χ1v) is 13.3. The van der Waals surface area contributed by atoms with E-state index in [0.717, 1.165) is 74.8 Å². The highest BCUT2D eigenvalue weighted by Gasteiger charge is 2.22. The molecule has 11 heteroatoms. The second kappa shape index (κ2) is 12.0. The molecule has 3 rings (SSSR count). The predicted molar refractivity (Wildman–Crippen MR) is 125 cm³/mol. The van der Waals surface area contributed by atoms with Gasteiger partial charge in [-0.25, -0.2) is 17.8 Å². The molecule has 1 fully saturated rings. The number of hydrogen-bond acceptors (Lipinski definition) is 7. The number of sulfonamides is 1. The van der Waals surface area contributed by atoms with Gasteiger partial charge in [-0.1, -0.05) is 18.0 Å². The molecule has 0 spiro atoms. The third-order valence-corrected chi connectivity index (χ3v) is 7.63. The summed E-state index contributed by atoms with van der Waals surface area (Å²) >= 11 is 7.30. The zero-order valence-electron chi connectivity index (χ0n) is 17.3. The van der Waals surface area contributed by atoms with Gasteiger partial charge in [0.2, 0.25) is 0 Å². The van der Waals surface area contributed by atoms with Gasteiger partial charge in [0.05, 0.1) is 10.7 Å². The molecular weight excluding hydrogens is 461 g/mol. The van der Waals surface area contributed by atoms with E-state index in [9.17, 15) is 12.8 Å². The number of anilines is 2. The van der Waals surface area contributed by atoms with E-state index in [4.69, 9.17) is 11.6 Å². The molecule has 0 bridgehead atoms. The molecule has 2 aromatic rings. The third kappa shape index (κ3) is 7.57. The fourth-order valence-electron chi connectivity index (χ4n) is 3.49. The zero-order chi connectivity index (χ0) is 22.1. The molecule has 1 aliphatic rings. The molecule has 31 heavy (non-hydrogen) atoms. The Hall–Kier alpha value is -1.46. The van der Waals surface area contributed by atoms with E-state index in [1.807, 2.05) is 0 Å². The summed E-state index contributed by atoms with van der Waals surface area (Å²) in [5.74, 6) is -0.131. The Morgan fingerprint density at radius 2 is 2.10 bits per heavy atom. The van der Waals surface area contributed by atoms with Crippen LogP contribution in [0.3, 0.4) is 0 Å². The first-order chi connectivity index (χ1) is 15.0. The first kappa shape index (κ1) is 24.2. The van der Waals surface area contributed by atoms with Crippen LogP contribution in [0.15, 0.2) is 28.6 Å². The van der Waals surface area contributed by atoms with Crippen LogP contribution in [-0.4, -0.2) is 46.1 Å². The molecule has 1 aromatic heterocycles. The number of benzene rings is 1. The van der Waals surface area contributed by atoms with Crippen LogP contribution in [-0.2, 0) is 10.0 Å². The van der Waals surface area contributed by atoms with Gasteiger partial charge in [0, 0.05) is 18.1 Å². The van der Waals surface area contributed by atoms with Crippen LogP contribution >= 0.6 is 22.9 Å². The summed E-state index contributed by atoms with van der Waals surface area (Å²) in [5.41, 5.74) is 0.385. The van der Waals surface area contributed by atoms with Crippen molar-refractivity contribution in [2.45, 2.75) is 37.0 Å². The van der Waals surface area contributed by atoms with Crippen LogP contribution in [0.25, 0.3) is 0 Å². The molecule has 0 radical (unpaired) electrons. The van der Waals surface area contributed by atoms with Gasteiger partial charge in [-0.3, -0.25) is 4.72 Å². The van der Waals surface area contributed by atoms with Crippen LogP contribution in [0.2, 0.25) is 5.02 Å². The smallest absolute Gasteiger partial charge is 0.266 e. The van der Waals surface area contributed by atoms with Gasteiger partial charge in [0.1, 0.15) is 10.7 Å². The number of thiazole rings is 1. The Balaban J connectivity index is 1.39. The normalized spacial score (nSPS) is 16.9. The van der Waals surface area contributed by atoms with Crippen LogP contribution < -0.4 is 20.7 Å². The molecular formula is C20H29ClFN5O2S2. The Labute approximate surface area is 192 Å². The fraction of sp³-hybridized carbons (Fsp3) is 0.550. The number of rotatable bonds is 12. The van der Waals surface area contributed by atoms with Gasteiger partial charge in [-0.05, 0) is 69.9 Å². The highest BCUT2D eigenvalue weighted by molar-refractivity contribution is 7.93. The molecule has 0 saturated carbocycles. The molecule has 1 atom stereocenters. The summed E-state index contributed by atoms with van der Waals surface area (Å²) in [7, 11) is -4.10. The van der Waals surface area contributed by atoms with Crippen LogP contribution in [0.5, 0.6) is 0 Å². The van der Waals surface area contributed by atoms with Gasteiger partial charge < -0.3 is 16.0 Å². The molecule has 2 heterocycles. The summed E-state index contributed by atoms with van der Waals surface area (Å²) in [4.78, 5) is 3.35. The average molecular weight is 490 g/mol. The van der Waals surface area contributed by atoms with Gasteiger partial charge in [0.25, 0.3) is 10.0 Å². The fourth-order valence-corrected chi connectivity index (χ4v) is 5.66. The van der Waals surface area contributed by atoms with Crippen LogP contribution in [0, 0.1) is 11.7 Å². The van der Waals surface area contributed by atoms with Crippen molar-refractivity contribution < 1.29 is 12.8 Å². The topological polar surface area (TPSA) is 95.2 Å². The van der Waals surface area contributed by atoms with Crippen molar-refractivity contribution in [1.29, 1.82) is 0 Å². The van der Waals surface area contributed by atoms with E-state index in [1.165, 1.54) is 19.0 Å². The average Bonchev–Trinajstić information content (AvgIpc) is 3.25. The summed E-state index contributed by atoms with van der Waals surface area (Å²) < 4.78 is 41.5. The number of piperidine rings is 1. The van der Waals surface area contributed by atoms with Gasteiger partial charge in [0.15, 0.2) is 5.13 Å². The number of halogens is 2. The van der Waals surface area contributed by atoms with Crippen LogP contribution in [0.4, 0.5) is 15.2 Å². The molecule has 1 aliphatic heterocycles. The maximum absolute atomic E-state index is 14.5.